The van der Waals surface area contributed by atoms with Crippen LogP contribution in [0.3, 0.4) is 0 Å². The summed E-state index contributed by atoms with van der Waals surface area (Å²) in [4.78, 5) is 31.9. The third-order valence-corrected chi connectivity index (χ3v) is 6.12. The average Bonchev–Trinajstić information content (AvgIpc) is 2.75. The van der Waals surface area contributed by atoms with Crippen LogP contribution in [0.4, 0.5) is 5.82 Å². The Balaban J connectivity index is 1.53. The largest absolute Gasteiger partial charge is 0.356 e. The lowest BCUT2D eigenvalue weighted by Crippen LogP contribution is -2.42. The van der Waals surface area contributed by atoms with E-state index in [1.807, 2.05) is 4.90 Å². The second-order valence-corrected chi connectivity index (χ2v) is 8.88. The van der Waals surface area contributed by atoms with Crippen molar-refractivity contribution in [3.05, 3.63) is 92.0 Å². The standard InChI is InChI=1S/C24H19Cl3N4O2/c25-16-4-2-14(19(12-16)24(33)30-22-7-5-17(26)13-29-22)11-21(32)18-6-3-15(10-20(18)27)23(28)31-8-1-9-31/h2-7,10,12-13,28H,1,8-9,11H2,(H,29,30,33). The van der Waals surface area contributed by atoms with Gasteiger partial charge in [-0.15, -0.1) is 0 Å². The van der Waals surface area contributed by atoms with Crippen LogP contribution in [-0.2, 0) is 6.42 Å². The predicted octanol–water partition coefficient (Wildman–Crippen LogP) is 5.75. The van der Waals surface area contributed by atoms with Crippen LogP contribution < -0.4 is 5.32 Å². The van der Waals surface area contributed by atoms with Gasteiger partial charge in [-0.05, 0) is 48.4 Å². The Hall–Kier alpha value is -2.93. The fraction of sp³-hybridized carbons (Fsp3) is 0.167. The van der Waals surface area contributed by atoms with E-state index in [1.54, 1.807) is 42.5 Å². The van der Waals surface area contributed by atoms with Gasteiger partial charge in [0, 0.05) is 47.4 Å². The molecule has 2 aromatic carbocycles. The zero-order valence-corrected chi connectivity index (χ0v) is 19.6. The maximum Gasteiger partial charge on any atom is 0.257 e. The quantitative estimate of drug-likeness (QED) is 0.256. The van der Waals surface area contributed by atoms with Crippen molar-refractivity contribution >= 4 is 58.1 Å². The van der Waals surface area contributed by atoms with E-state index in [0.717, 1.165) is 19.5 Å². The van der Waals surface area contributed by atoms with E-state index in [4.69, 9.17) is 40.2 Å². The number of aromatic nitrogens is 1. The van der Waals surface area contributed by atoms with E-state index in [2.05, 4.69) is 10.3 Å². The van der Waals surface area contributed by atoms with Crippen molar-refractivity contribution in [3.8, 4) is 0 Å². The van der Waals surface area contributed by atoms with E-state index >= 15 is 0 Å². The van der Waals surface area contributed by atoms with Gasteiger partial charge in [-0.1, -0.05) is 46.9 Å². The number of rotatable bonds is 6. The van der Waals surface area contributed by atoms with Crippen molar-refractivity contribution < 1.29 is 9.59 Å². The number of amidine groups is 1. The third-order valence-electron chi connectivity index (χ3n) is 5.35. The summed E-state index contributed by atoms with van der Waals surface area (Å²) < 4.78 is 0. The van der Waals surface area contributed by atoms with E-state index in [-0.39, 0.29) is 22.8 Å². The molecular formula is C24H19Cl3N4O2. The zero-order valence-electron chi connectivity index (χ0n) is 17.4. The fourth-order valence-electron chi connectivity index (χ4n) is 3.43. The number of pyridine rings is 1. The highest BCUT2D eigenvalue weighted by atomic mass is 35.5. The lowest BCUT2D eigenvalue weighted by Gasteiger charge is -2.33. The van der Waals surface area contributed by atoms with E-state index < -0.39 is 5.91 Å². The van der Waals surface area contributed by atoms with E-state index in [9.17, 15) is 9.59 Å². The van der Waals surface area contributed by atoms with Gasteiger partial charge < -0.3 is 10.2 Å². The highest BCUT2D eigenvalue weighted by molar-refractivity contribution is 6.34. The normalized spacial score (nSPS) is 12.8. The van der Waals surface area contributed by atoms with Crippen LogP contribution >= 0.6 is 34.8 Å². The molecule has 0 saturated carbocycles. The first-order valence-electron chi connectivity index (χ1n) is 10.2. The zero-order chi connectivity index (χ0) is 23.5. The van der Waals surface area contributed by atoms with Crippen molar-refractivity contribution in [2.75, 3.05) is 18.4 Å². The molecule has 0 bridgehead atoms. The number of hydrogen-bond acceptors (Lipinski definition) is 4. The van der Waals surface area contributed by atoms with Crippen LogP contribution in [0.1, 0.15) is 38.3 Å². The Morgan fingerprint density at radius 2 is 1.73 bits per heavy atom. The van der Waals surface area contributed by atoms with Crippen molar-refractivity contribution in [2.45, 2.75) is 12.8 Å². The summed E-state index contributed by atoms with van der Waals surface area (Å²) in [6, 6.07) is 13.0. The van der Waals surface area contributed by atoms with E-state index in [0.29, 0.717) is 38.4 Å². The van der Waals surface area contributed by atoms with Crippen molar-refractivity contribution in [2.24, 2.45) is 0 Å². The molecule has 1 aliphatic heterocycles. The number of carbonyl (C=O) groups is 2. The number of Topliss-reactive ketones (excluding diaryl/α,β-unsaturated/α-hetero) is 1. The number of nitrogens with zero attached hydrogens (tertiary/aromatic N) is 2. The molecule has 2 heterocycles. The van der Waals surface area contributed by atoms with Gasteiger partial charge in [-0.3, -0.25) is 15.0 Å². The number of amides is 1. The second kappa shape index (κ2) is 9.91. The van der Waals surface area contributed by atoms with Crippen LogP contribution in [0.15, 0.2) is 54.7 Å². The number of carbonyl (C=O) groups excluding carboxylic acids is 2. The van der Waals surface area contributed by atoms with Gasteiger partial charge in [0.1, 0.15) is 11.7 Å². The van der Waals surface area contributed by atoms with Gasteiger partial charge in [-0.2, -0.15) is 0 Å². The van der Waals surface area contributed by atoms with Crippen LogP contribution in [0.25, 0.3) is 0 Å². The monoisotopic (exact) mass is 500 g/mol. The first-order chi connectivity index (χ1) is 15.8. The van der Waals surface area contributed by atoms with Crippen LogP contribution in [0.2, 0.25) is 15.1 Å². The molecule has 0 atom stereocenters. The maximum atomic E-state index is 13.0. The van der Waals surface area contributed by atoms with E-state index in [1.165, 1.54) is 12.3 Å². The number of anilines is 1. The molecular weight excluding hydrogens is 483 g/mol. The molecule has 2 N–H and O–H groups in total. The molecule has 1 aromatic heterocycles. The summed E-state index contributed by atoms with van der Waals surface area (Å²) in [6.07, 6.45) is 2.45. The molecule has 0 unspecified atom stereocenters. The molecule has 1 fully saturated rings. The molecule has 1 amide bonds. The summed E-state index contributed by atoms with van der Waals surface area (Å²) in [6.45, 7) is 1.70. The lowest BCUT2D eigenvalue weighted by molar-refractivity contribution is 0.0992. The van der Waals surface area contributed by atoms with Gasteiger partial charge >= 0.3 is 0 Å². The molecule has 6 nitrogen and oxygen atoms in total. The second-order valence-electron chi connectivity index (χ2n) is 7.60. The van der Waals surface area contributed by atoms with Crippen LogP contribution in [0, 0.1) is 5.41 Å². The minimum atomic E-state index is -0.445. The van der Waals surface area contributed by atoms with Gasteiger partial charge in [0.15, 0.2) is 5.78 Å². The smallest absolute Gasteiger partial charge is 0.257 e. The Labute approximate surface area is 206 Å². The topological polar surface area (TPSA) is 86.1 Å². The lowest BCUT2D eigenvalue weighted by atomic mass is 9.97. The molecule has 168 valence electrons. The molecule has 9 heteroatoms. The predicted molar refractivity (Wildman–Crippen MR) is 131 cm³/mol. The average molecular weight is 502 g/mol. The van der Waals surface area contributed by atoms with Gasteiger partial charge in [-0.25, -0.2) is 4.98 Å². The number of halogens is 3. The molecule has 4 rings (SSSR count). The maximum absolute atomic E-state index is 13.0. The summed E-state index contributed by atoms with van der Waals surface area (Å²) >= 11 is 18.3. The Kier molecular flexibility index (Phi) is 6.98. The van der Waals surface area contributed by atoms with Gasteiger partial charge in [0.2, 0.25) is 0 Å². The van der Waals surface area contributed by atoms with Crippen molar-refractivity contribution in [1.82, 2.24) is 9.88 Å². The number of ketones is 1. The Morgan fingerprint density at radius 1 is 0.970 bits per heavy atom. The summed E-state index contributed by atoms with van der Waals surface area (Å²) in [7, 11) is 0. The molecule has 1 saturated heterocycles. The Bertz CT molecular complexity index is 1240. The summed E-state index contributed by atoms with van der Waals surface area (Å²) in [5, 5.41) is 12.0. The van der Waals surface area contributed by atoms with Crippen LogP contribution in [0.5, 0.6) is 0 Å². The molecule has 3 aromatic rings. The van der Waals surface area contributed by atoms with Crippen LogP contribution in [-0.4, -0.2) is 40.5 Å². The summed E-state index contributed by atoms with van der Waals surface area (Å²) in [5.41, 5.74) is 1.76. The van der Waals surface area contributed by atoms with Gasteiger partial charge in [0.05, 0.1) is 10.0 Å². The molecule has 0 spiro atoms. The minimum Gasteiger partial charge on any atom is -0.356 e. The van der Waals surface area contributed by atoms with Crippen molar-refractivity contribution in [3.63, 3.8) is 0 Å². The number of likely N-dealkylation sites (tertiary alicyclic amines) is 1. The first kappa shape index (κ1) is 23.2. The summed E-state index contributed by atoms with van der Waals surface area (Å²) in [5.74, 6) is 0.0298. The highest BCUT2D eigenvalue weighted by Gasteiger charge is 2.21. The van der Waals surface area contributed by atoms with Gasteiger partial charge in [0.25, 0.3) is 5.91 Å². The highest BCUT2D eigenvalue weighted by Crippen LogP contribution is 2.24. The number of nitrogens with one attached hydrogen (secondary N) is 2. The first-order valence-corrected chi connectivity index (χ1v) is 11.3. The molecule has 0 radical (unpaired) electrons. The Morgan fingerprint density at radius 3 is 2.36 bits per heavy atom. The number of benzene rings is 2. The SMILES string of the molecule is N=C(c1ccc(C(=O)Cc2ccc(Cl)cc2C(=O)Nc2ccc(Cl)cn2)c(Cl)c1)N1CCC1. The minimum absolute atomic E-state index is 0.0450. The molecule has 33 heavy (non-hydrogen) atoms. The molecule has 0 aliphatic carbocycles. The fourth-order valence-corrected chi connectivity index (χ4v) is 4.00. The van der Waals surface area contributed by atoms with Crippen molar-refractivity contribution in [1.29, 1.82) is 5.41 Å². The number of hydrogen-bond donors (Lipinski definition) is 2. The molecule has 1 aliphatic rings. The third kappa shape index (κ3) is 5.36.